The highest BCUT2D eigenvalue weighted by Crippen LogP contribution is 2.48. The maximum atomic E-state index is 13.6. The molecule has 2 aliphatic heterocycles. The van der Waals surface area contributed by atoms with E-state index >= 15 is 0 Å². The number of amides is 3. The highest BCUT2D eigenvalue weighted by molar-refractivity contribution is 6.39. The molecule has 16 heteroatoms. The number of aromatic nitrogens is 3. The molecule has 54 heavy (non-hydrogen) atoms. The van der Waals surface area contributed by atoms with Gasteiger partial charge >= 0.3 is 24.0 Å². The number of hydrogen-bond donors (Lipinski definition) is 3. The maximum Gasteiger partial charge on any atom is 0.392 e. The molecule has 0 radical (unpaired) electrons. The molecule has 3 heterocycles. The van der Waals surface area contributed by atoms with Gasteiger partial charge in [-0.05, 0) is 86.7 Å². The smallest absolute Gasteiger partial charge is 0.392 e. The van der Waals surface area contributed by atoms with Crippen molar-refractivity contribution in [2.75, 3.05) is 48.7 Å². The molecule has 3 N–H and O–H groups in total. The van der Waals surface area contributed by atoms with Gasteiger partial charge < -0.3 is 30.5 Å². The van der Waals surface area contributed by atoms with Crippen LogP contribution in [-0.4, -0.2) is 81.4 Å². The van der Waals surface area contributed by atoms with E-state index in [0.717, 1.165) is 24.0 Å². The molecule has 0 bridgehead atoms. The van der Waals surface area contributed by atoms with Crippen molar-refractivity contribution in [2.45, 2.75) is 50.7 Å². The first-order chi connectivity index (χ1) is 25.8. The summed E-state index contributed by atoms with van der Waals surface area (Å²) in [7, 11) is 0. The van der Waals surface area contributed by atoms with E-state index in [1.165, 1.54) is 0 Å². The second-order valence-electron chi connectivity index (χ2n) is 14.2. The van der Waals surface area contributed by atoms with Gasteiger partial charge in [0.1, 0.15) is 6.61 Å². The zero-order chi connectivity index (χ0) is 38.1. The average molecular weight is 763 g/mol. The minimum atomic E-state index is -4.41. The molecule has 1 aromatic heterocycles. The van der Waals surface area contributed by atoms with Gasteiger partial charge in [0.15, 0.2) is 0 Å². The number of rotatable bonds is 10. The third-order valence-electron chi connectivity index (χ3n) is 10.1. The maximum absolute atomic E-state index is 13.6. The molecule has 1 spiro atoms. The molecular weight excluding hydrogens is 725 g/mol. The van der Waals surface area contributed by atoms with Crippen molar-refractivity contribution in [3.05, 3.63) is 94.5 Å². The summed E-state index contributed by atoms with van der Waals surface area (Å²) < 4.78 is 43.8. The van der Waals surface area contributed by atoms with Gasteiger partial charge in [0.2, 0.25) is 11.9 Å². The molecule has 2 saturated heterocycles. The summed E-state index contributed by atoms with van der Waals surface area (Å²) in [6.45, 7) is 3.09. The van der Waals surface area contributed by atoms with Gasteiger partial charge in [0.25, 0.3) is 5.91 Å². The Bertz CT molecular complexity index is 2030. The van der Waals surface area contributed by atoms with E-state index in [4.69, 9.17) is 16.3 Å². The lowest BCUT2D eigenvalue weighted by Crippen LogP contribution is -2.40. The topological polar surface area (TPSA) is 142 Å². The second kappa shape index (κ2) is 14.8. The lowest BCUT2D eigenvalue weighted by atomic mass is 9.86. The first-order valence-electron chi connectivity index (χ1n) is 17.6. The van der Waals surface area contributed by atoms with Gasteiger partial charge in [-0.15, -0.1) is 0 Å². The van der Waals surface area contributed by atoms with Crippen LogP contribution in [0.15, 0.2) is 72.8 Å². The number of hydrogen-bond acceptors (Lipinski definition) is 9. The lowest BCUT2D eigenvalue weighted by Gasteiger charge is -2.24. The number of carbonyl (C=O) groups excluding carboxylic acids is 3. The highest BCUT2D eigenvalue weighted by atomic mass is 35.5. The quantitative estimate of drug-likeness (QED) is 0.150. The van der Waals surface area contributed by atoms with Crippen LogP contribution in [0, 0.1) is 12.3 Å². The van der Waals surface area contributed by atoms with Crippen molar-refractivity contribution in [1.82, 2.24) is 24.8 Å². The fourth-order valence-electron chi connectivity index (χ4n) is 6.91. The number of benzene rings is 3. The van der Waals surface area contributed by atoms with E-state index in [2.05, 4.69) is 30.9 Å². The van der Waals surface area contributed by atoms with Crippen LogP contribution in [0.5, 0.6) is 6.01 Å². The number of alkyl halides is 3. The molecular formula is C38H38ClF3N8O4. The zero-order valence-electron chi connectivity index (χ0n) is 29.4. The monoisotopic (exact) mass is 762 g/mol. The summed E-state index contributed by atoms with van der Waals surface area (Å²) in [5.74, 6) is -1.28. The average Bonchev–Trinajstić information content (AvgIpc) is 3.60. The van der Waals surface area contributed by atoms with E-state index in [-0.39, 0.29) is 29.2 Å². The normalized spacial score (nSPS) is 18.8. The van der Waals surface area contributed by atoms with Crippen LogP contribution in [-0.2, 0) is 15.1 Å². The molecule has 7 rings (SSSR count). The minimum absolute atomic E-state index is 0.0369. The number of nitrogens with one attached hydrogen (secondary N) is 3. The second-order valence-corrected chi connectivity index (χ2v) is 14.6. The number of nitrogens with zero attached hydrogens (tertiary/aromatic N) is 5. The molecule has 1 saturated carbocycles. The Hall–Kier alpha value is -5.44. The number of likely N-dealkylation sites (tertiary alicyclic amines) is 2. The Morgan fingerprint density at radius 1 is 0.815 bits per heavy atom. The zero-order valence-corrected chi connectivity index (χ0v) is 30.1. The number of anilines is 4. The van der Waals surface area contributed by atoms with E-state index in [1.807, 2.05) is 31.2 Å². The van der Waals surface area contributed by atoms with Crippen molar-refractivity contribution >= 4 is 52.6 Å². The van der Waals surface area contributed by atoms with E-state index in [9.17, 15) is 27.6 Å². The van der Waals surface area contributed by atoms with Crippen LogP contribution in [0.25, 0.3) is 0 Å². The van der Waals surface area contributed by atoms with Crippen LogP contribution in [0.1, 0.15) is 53.6 Å². The Morgan fingerprint density at radius 2 is 1.44 bits per heavy atom. The summed E-state index contributed by atoms with van der Waals surface area (Å²) in [5.41, 5.74) is 2.78. The summed E-state index contributed by atoms with van der Waals surface area (Å²) in [4.78, 5) is 55.4. The third kappa shape index (κ3) is 8.67. The standard InChI is InChI=1S/C38H38ClF3N8O4/c1-24-2-10-28(11-3-24)43-30(51)32(53)50-20-17-36(23-50)16-19-49(22-36)31(52)25-4-12-29(13-5-25)44-33-45-34(47-35(46-33)54-21-18-38(40,41)42)48-37(14-15-37)26-6-8-27(39)9-7-26/h2-13H,14-23H2,1H3,(H,43,51)(H2,44,45,46,47,48). The van der Waals surface area contributed by atoms with Gasteiger partial charge in [0.05, 0.1) is 12.0 Å². The summed E-state index contributed by atoms with van der Waals surface area (Å²) in [5, 5.41) is 9.61. The van der Waals surface area contributed by atoms with Crippen molar-refractivity contribution < 1.29 is 32.3 Å². The molecule has 1 atom stereocenters. The number of aryl methyl sites for hydroxylation is 1. The van der Waals surface area contributed by atoms with Crippen molar-refractivity contribution in [1.29, 1.82) is 0 Å². The first-order valence-corrected chi connectivity index (χ1v) is 18.0. The predicted molar refractivity (Wildman–Crippen MR) is 196 cm³/mol. The van der Waals surface area contributed by atoms with Crippen LogP contribution < -0.4 is 20.7 Å². The molecule has 12 nitrogen and oxygen atoms in total. The van der Waals surface area contributed by atoms with Crippen LogP contribution in [0.4, 0.5) is 36.4 Å². The van der Waals surface area contributed by atoms with Gasteiger partial charge in [-0.1, -0.05) is 41.4 Å². The third-order valence-corrected chi connectivity index (χ3v) is 10.3. The fourth-order valence-corrected chi connectivity index (χ4v) is 7.03. The van der Waals surface area contributed by atoms with Crippen LogP contribution in [0.2, 0.25) is 5.02 Å². The first kappa shape index (κ1) is 36.9. The van der Waals surface area contributed by atoms with Crippen LogP contribution in [0.3, 0.4) is 0 Å². The molecule has 1 unspecified atom stereocenters. The van der Waals surface area contributed by atoms with Crippen molar-refractivity contribution in [2.24, 2.45) is 5.41 Å². The Kier molecular flexibility index (Phi) is 10.1. The molecule has 282 valence electrons. The number of carbonyl (C=O) groups is 3. The molecule has 1 aliphatic carbocycles. The van der Waals surface area contributed by atoms with Gasteiger partial charge in [-0.25, -0.2) is 0 Å². The SMILES string of the molecule is Cc1ccc(NC(=O)C(=O)N2CCC3(CCN(C(=O)c4ccc(Nc5nc(NC6(c7ccc(Cl)cc7)CC6)nc(OCCC(F)(F)F)n5)cc4)C3)C2)cc1. The molecule has 3 aromatic carbocycles. The van der Waals surface area contributed by atoms with Gasteiger partial charge in [0, 0.05) is 53.6 Å². The van der Waals surface area contributed by atoms with Gasteiger partial charge in [-0.3, -0.25) is 14.4 Å². The predicted octanol–water partition coefficient (Wildman–Crippen LogP) is 6.71. The van der Waals surface area contributed by atoms with Gasteiger partial charge in [-0.2, -0.15) is 28.1 Å². The minimum Gasteiger partial charge on any atom is -0.463 e. The number of halogens is 4. The molecule has 4 aromatic rings. The van der Waals surface area contributed by atoms with E-state index < -0.39 is 36.6 Å². The van der Waals surface area contributed by atoms with Crippen molar-refractivity contribution in [3.63, 3.8) is 0 Å². The summed E-state index contributed by atoms with van der Waals surface area (Å²) >= 11 is 6.07. The molecule has 3 aliphatic rings. The summed E-state index contributed by atoms with van der Waals surface area (Å²) in [6, 6.07) is 21.0. The lowest BCUT2D eigenvalue weighted by molar-refractivity contribution is -0.142. The van der Waals surface area contributed by atoms with E-state index in [0.29, 0.717) is 61.0 Å². The Morgan fingerprint density at radius 3 is 2.11 bits per heavy atom. The summed E-state index contributed by atoms with van der Waals surface area (Å²) in [6.07, 6.45) is -2.62. The Labute approximate surface area is 314 Å². The Balaban J connectivity index is 0.981. The van der Waals surface area contributed by atoms with Crippen molar-refractivity contribution in [3.8, 4) is 6.01 Å². The molecule has 3 amide bonds. The van der Waals surface area contributed by atoms with E-state index in [1.54, 1.807) is 58.3 Å². The fraction of sp³-hybridized carbons (Fsp3) is 0.368. The number of ether oxygens (including phenoxy) is 1. The highest BCUT2D eigenvalue weighted by Gasteiger charge is 2.47. The van der Waals surface area contributed by atoms with Crippen LogP contribution >= 0.6 is 11.6 Å². The molecule has 3 fully saturated rings. The largest absolute Gasteiger partial charge is 0.463 e.